The number of ether oxygens (including phenoxy) is 1. The van der Waals surface area contributed by atoms with E-state index in [0.29, 0.717) is 25.7 Å². The van der Waals surface area contributed by atoms with Crippen molar-refractivity contribution < 1.29 is 9.26 Å². The number of guanidine groups is 1. The van der Waals surface area contributed by atoms with Crippen LogP contribution in [0.15, 0.2) is 15.6 Å². The summed E-state index contributed by atoms with van der Waals surface area (Å²) in [7, 11) is 0. The van der Waals surface area contributed by atoms with Gasteiger partial charge in [0, 0.05) is 19.2 Å². The fourth-order valence-electron chi connectivity index (χ4n) is 1.54. The van der Waals surface area contributed by atoms with Crippen molar-refractivity contribution in [3.63, 3.8) is 0 Å². The molecule has 2 rings (SSSR count). The summed E-state index contributed by atoms with van der Waals surface area (Å²) < 4.78 is 10.3. The van der Waals surface area contributed by atoms with Gasteiger partial charge in [0.05, 0.1) is 18.9 Å². The van der Waals surface area contributed by atoms with E-state index in [1.807, 2.05) is 17.9 Å². The van der Waals surface area contributed by atoms with E-state index in [-0.39, 0.29) is 24.0 Å². The molecule has 2 heterocycles. The Balaban J connectivity index is 0.00000144. The number of aryl methyl sites for hydroxylation is 1. The zero-order valence-corrected chi connectivity index (χ0v) is 12.1. The molecule has 0 amide bonds. The molecule has 17 heavy (non-hydrogen) atoms. The maximum Gasteiger partial charge on any atom is 0.191 e. The molecule has 96 valence electrons. The maximum absolute atomic E-state index is 5.86. The molecule has 0 aromatic carbocycles. The van der Waals surface area contributed by atoms with Gasteiger partial charge in [0.15, 0.2) is 11.7 Å². The van der Waals surface area contributed by atoms with Crippen LogP contribution in [-0.2, 0) is 11.3 Å². The molecule has 6 nitrogen and oxygen atoms in total. The lowest BCUT2D eigenvalue weighted by molar-refractivity contribution is 0.0674. The second-order valence-electron chi connectivity index (χ2n) is 3.71. The first-order valence-corrected chi connectivity index (χ1v) is 5.30. The number of morpholine rings is 1. The molecule has 1 aromatic rings. The SMILES string of the molecule is Cc1cc(CN=C(N)N2CCOCC2)on1.I. The molecule has 0 atom stereocenters. The largest absolute Gasteiger partial charge is 0.378 e. The highest BCUT2D eigenvalue weighted by atomic mass is 127. The van der Waals surface area contributed by atoms with Crippen molar-refractivity contribution in [3.05, 3.63) is 17.5 Å². The lowest BCUT2D eigenvalue weighted by atomic mass is 10.4. The van der Waals surface area contributed by atoms with E-state index < -0.39 is 0 Å². The zero-order valence-electron chi connectivity index (χ0n) is 9.76. The molecule has 1 aliphatic rings. The first-order chi connectivity index (χ1) is 7.75. The van der Waals surface area contributed by atoms with Crippen molar-refractivity contribution in [1.29, 1.82) is 0 Å². The molecule has 1 saturated heterocycles. The summed E-state index contributed by atoms with van der Waals surface area (Å²) in [6, 6.07) is 1.86. The molecule has 0 aliphatic carbocycles. The van der Waals surface area contributed by atoms with Crippen LogP contribution in [0.1, 0.15) is 11.5 Å². The molecular formula is C10H17IN4O2. The normalized spacial score (nSPS) is 16.8. The fraction of sp³-hybridized carbons (Fsp3) is 0.600. The van der Waals surface area contributed by atoms with Gasteiger partial charge in [-0.2, -0.15) is 0 Å². The van der Waals surface area contributed by atoms with Gasteiger partial charge in [-0.25, -0.2) is 4.99 Å². The molecule has 0 spiro atoms. The van der Waals surface area contributed by atoms with E-state index in [9.17, 15) is 0 Å². The van der Waals surface area contributed by atoms with Crippen molar-refractivity contribution in [1.82, 2.24) is 10.1 Å². The Morgan fingerprint density at radius 2 is 2.24 bits per heavy atom. The minimum absolute atomic E-state index is 0. The predicted octanol–water partition coefficient (Wildman–Crippen LogP) is 0.748. The fourth-order valence-corrected chi connectivity index (χ4v) is 1.54. The van der Waals surface area contributed by atoms with Crippen LogP contribution < -0.4 is 5.73 Å². The van der Waals surface area contributed by atoms with Gasteiger partial charge in [-0.05, 0) is 6.92 Å². The average Bonchev–Trinajstić information content (AvgIpc) is 2.73. The third-order valence-electron chi connectivity index (χ3n) is 2.41. The van der Waals surface area contributed by atoms with Crippen LogP contribution in [0.2, 0.25) is 0 Å². The third-order valence-corrected chi connectivity index (χ3v) is 2.41. The number of halogens is 1. The summed E-state index contributed by atoms with van der Waals surface area (Å²) in [5.41, 5.74) is 6.72. The van der Waals surface area contributed by atoms with Gasteiger partial charge in [-0.15, -0.1) is 24.0 Å². The molecule has 7 heteroatoms. The van der Waals surface area contributed by atoms with Crippen molar-refractivity contribution in [2.45, 2.75) is 13.5 Å². The monoisotopic (exact) mass is 352 g/mol. The Kier molecular flexibility index (Phi) is 5.69. The number of nitrogens with two attached hydrogens (primary N) is 1. The highest BCUT2D eigenvalue weighted by molar-refractivity contribution is 14.0. The second kappa shape index (κ2) is 6.80. The number of rotatable bonds is 2. The Morgan fingerprint density at radius 1 is 1.53 bits per heavy atom. The quantitative estimate of drug-likeness (QED) is 0.483. The maximum atomic E-state index is 5.86. The summed E-state index contributed by atoms with van der Waals surface area (Å²) in [6.45, 7) is 5.32. The lowest BCUT2D eigenvalue weighted by Crippen LogP contribution is -2.44. The average molecular weight is 352 g/mol. The Morgan fingerprint density at radius 3 is 2.82 bits per heavy atom. The van der Waals surface area contributed by atoms with Crippen LogP contribution in [0.4, 0.5) is 0 Å². The minimum atomic E-state index is 0. The van der Waals surface area contributed by atoms with Gasteiger partial charge in [0.2, 0.25) is 0 Å². The standard InChI is InChI=1S/C10H16N4O2.HI/c1-8-6-9(16-13-8)7-12-10(11)14-2-4-15-5-3-14;/h6H,2-5,7H2,1H3,(H2,11,12);1H. The van der Waals surface area contributed by atoms with Gasteiger partial charge < -0.3 is 19.9 Å². The highest BCUT2D eigenvalue weighted by Gasteiger charge is 2.12. The molecule has 1 aromatic heterocycles. The summed E-state index contributed by atoms with van der Waals surface area (Å²) >= 11 is 0. The Labute approximate surface area is 117 Å². The van der Waals surface area contributed by atoms with Crippen LogP contribution >= 0.6 is 24.0 Å². The van der Waals surface area contributed by atoms with Crippen LogP contribution in [0.3, 0.4) is 0 Å². The number of aromatic nitrogens is 1. The molecule has 1 aliphatic heterocycles. The number of hydrogen-bond donors (Lipinski definition) is 1. The van der Waals surface area contributed by atoms with E-state index in [1.54, 1.807) is 0 Å². The third kappa shape index (κ3) is 4.15. The van der Waals surface area contributed by atoms with E-state index in [2.05, 4.69) is 10.1 Å². The Bertz CT molecular complexity index is 374. The van der Waals surface area contributed by atoms with Crippen molar-refractivity contribution in [2.75, 3.05) is 26.3 Å². The first-order valence-electron chi connectivity index (χ1n) is 5.30. The number of hydrogen-bond acceptors (Lipinski definition) is 4. The molecule has 1 fully saturated rings. The summed E-state index contributed by atoms with van der Waals surface area (Å²) in [4.78, 5) is 6.27. The smallest absolute Gasteiger partial charge is 0.191 e. The van der Waals surface area contributed by atoms with E-state index in [1.165, 1.54) is 0 Å². The van der Waals surface area contributed by atoms with Crippen LogP contribution in [0.25, 0.3) is 0 Å². The van der Waals surface area contributed by atoms with Crippen LogP contribution in [-0.4, -0.2) is 42.3 Å². The van der Waals surface area contributed by atoms with Crippen LogP contribution in [0.5, 0.6) is 0 Å². The van der Waals surface area contributed by atoms with Crippen molar-refractivity contribution in [2.24, 2.45) is 10.7 Å². The molecule has 0 saturated carbocycles. The van der Waals surface area contributed by atoms with Gasteiger partial charge in [-0.3, -0.25) is 0 Å². The highest BCUT2D eigenvalue weighted by Crippen LogP contribution is 2.04. The topological polar surface area (TPSA) is 76.9 Å². The van der Waals surface area contributed by atoms with Gasteiger partial charge >= 0.3 is 0 Å². The Hall–Kier alpha value is -0.830. The van der Waals surface area contributed by atoms with E-state index in [0.717, 1.165) is 24.5 Å². The molecule has 0 bridgehead atoms. The zero-order chi connectivity index (χ0) is 11.4. The molecule has 2 N–H and O–H groups in total. The first kappa shape index (κ1) is 14.2. The van der Waals surface area contributed by atoms with Gasteiger partial charge in [-0.1, -0.05) is 5.16 Å². The summed E-state index contributed by atoms with van der Waals surface area (Å²) in [5, 5.41) is 3.79. The predicted molar refractivity (Wildman–Crippen MR) is 74.4 cm³/mol. The molecule has 0 unspecified atom stereocenters. The number of aliphatic imine (C=N–C) groups is 1. The van der Waals surface area contributed by atoms with Gasteiger partial charge in [0.1, 0.15) is 6.54 Å². The summed E-state index contributed by atoms with van der Waals surface area (Å²) in [5.74, 6) is 1.27. The molecular weight excluding hydrogens is 335 g/mol. The minimum Gasteiger partial charge on any atom is -0.378 e. The van der Waals surface area contributed by atoms with E-state index >= 15 is 0 Å². The van der Waals surface area contributed by atoms with Crippen molar-refractivity contribution in [3.8, 4) is 0 Å². The van der Waals surface area contributed by atoms with Gasteiger partial charge in [0.25, 0.3) is 0 Å². The van der Waals surface area contributed by atoms with E-state index in [4.69, 9.17) is 15.0 Å². The van der Waals surface area contributed by atoms with Crippen LogP contribution in [0, 0.1) is 6.92 Å². The molecule has 0 radical (unpaired) electrons. The lowest BCUT2D eigenvalue weighted by Gasteiger charge is -2.27. The van der Waals surface area contributed by atoms with Crippen molar-refractivity contribution >= 4 is 29.9 Å². The number of nitrogens with zero attached hydrogens (tertiary/aromatic N) is 3. The summed E-state index contributed by atoms with van der Waals surface area (Å²) in [6.07, 6.45) is 0. The second-order valence-corrected chi connectivity index (χ2v) is 3.71.